The summed E-state index contributed by atoms with van der Waals surface area (Å²) >= 11 is 1.59. The maximum Gasteiger partial charge on any atom is 0.144 e. The molecule has 2 aromatic rings. The van der Waals surface area contributed by atoms with Gasteiger partial charge >= 0.3 is 0 Å². The molecule has 0 aliphatic heterocycles. The van der Waals surface area contributed by atoms with Crippen molar-refractivity contribution in [3.05, 3.63) is 33.5 Å². The molecule has 0 amide bonds. The Labute approximate surface area is 117 Å². The molecule has 0 bridgehead atoms. The minimum Gasteiger partial charge on any atom is -0.299 e. The molecule has 2 heterocycles. The van der Waals surface area contributed by atoms with Gasteiger partial charge in [-0.25, -0.2) is 4.98 Å². The van der Waals surface area contributed by atoms with Crippen LogP contribution in [0.5, 0.6) is 0 Å². The zero-order valence-electron chi connectivity index (χ0n) is 11.6. The fourth-order valence-corrected chi connectivity index (χ4v) is 2.67. The van der Waals surface area contributed by atoms with Crippen LogP contribution in [0.1, 0.15) is 35.9 Å². The third kappa shape index (κ3) is 3.50. The Balaban J connectivity index is 2.04. The molecule has 102 valence electrons. The number of thiazole rings is 1. The van der Waals surface area contributed by atoms with Crippen LogP contribution in [-0.2, 0) is 30.6 Å². The van der Waals surface area contributed by atoms with Crippen molar-refractivity contribution >= 4 is 17.1 Å². The van der Waals surface area contributed by atoms with Crippen molar-refractivity contribution in [3.8, 4) is 0 Å². The predicted molar refractivity (Wildman–Crippen MR) is 76.5 cm³/mol. The van der Waals surface area contributed by atoms with E-state index in [-0.39, 0.29) is 5.78 Å². The number of nitrogens with zero attached hydrogens (tertiary/aromatic N) is 3. The van der Waals surface area contributed by atoms with Gasteiger partial charge in [0.25, 0.3) is 0 Å². The van der Waals surface area contributed by atoms with Crippen LogP contribution in [0.2, 0.25) is 0 Å². The van der Waals surface area contributed by atoms with Gasteiger partial charge in [-0.3, -0.25) is 9.48 Å². The number of aromatic nitrogens is 3. The molecule has 5 heteroatoms. The van der Waals surface area contributed by atoms with E-state index in [4.69, 9.17) is 0 Å². The quantitative estimate of drug-likeness (QED) is 0.815. The Bertz CT molecular complexity index is 571. The van der Waals surface area contributed by atoms with Crippen molar-refractivity contribution in [2.24, 2.45) is 0 Å². The molecule has 0 atom stereocenters. The van der Waals surface area contributed by atoms with E-state index in [0.29, 0.717) is 12.8 Å². The number of ketones is 1. The van der Waals surface area contributed by atoms with Gasteiger partial charge in [0.15, 0.2) is 0 Å². The van der Waals surface area contributed by atoms with Crippen molar-refractivity contribution in [3.63, 3.8) is 0 Å². The Morgan fingerprint density at radius 3 is 2.68 bits per heavy atom. The normalized spacial score (nSPS) is 10.9. The monoisotopic (exact) mass is 277 g/mol. The van der Waals surface area contributed by atoms with Gasteiger partial charge in [0.05, 0.1) is 16.4 Å². The molecule has 0 saturated carbocycles. The highest BCUT2D eigenvalue weighted by Crippen LogP contribution is 2.11. The molecule has 0 radical (unpaired) electrons. The molecule has 4 nitrogen and oxygen atoms in total. The van der Waals surface area contributed by atoms with E-state index < -0.39 is 0 Å². The first-order valence-corrected chi connectivity index (χ1v) is 7.48. The summed E-state index contributed by atoms with van der Waals surface area (Å²) in [6, 6.07) is 2.04. The van der Waals surface area contributed by atoms with E-state index in [1.165, 1.54) is 0 Å². The molecular weight excluding hydrogens is 258 g/mol. The van der Waals surface area contributed by atoms with Crippen LogP contribution in [0.25, 0.3) is 0 Å². The third-order valence-corrected chi connectivity index (χ3v) is 3.82. The van der Waals surface area contributed by atoms with E-state index >= 15 is 0 Å². The van der Waals surface area contributed by atoms with Crippen LogP contribution in [-0.4, -0.2) is 20.5 Å². The minimum absolute atomic E-state index is 0.197. The van der Waals surface area contributed by atoms with Gasteiger partial charge in [0.2, 0.25) is 0 Å². The van der Waals surface area contributed by atoms with Gasteiger partial charge in [-0.15, -0.1) is 11.3 Å². The van der Waals surface area contributed by atoms with Gasteiger partial charge in [-0.05, 0) is 26.3 Å². The first-order valence-electron chi connectivity index (χ1n) is 6.60. The standard InChI is InChI=1S/C14H19N3OS/c1-4-11-6-13(17(5-2)16-11)8-14(18)7-12-9-19-10(3)15-12/h6,9H,4-5,7-8H2,1-3H3. The second-order valence-corrected chi connectivity index (χ2v) is 5.61. The summed E-state index contributed by atoms with van der Waals surface area (Å²) in [6.45, 7) is 6.88. The first-order chi connectivity index (χ1) is 9.12. The molecule has 2 aromatic heterocycles. The fourth-order valence-electron chi connectivity index (χ4n) is 2.06. The van der Waals surface area contributed by atoms with Crippen LogP contribution in [0, 0.1) is 6.92 Å². The predicted octanol–water partition coefficient (Wildman–Crippen LogP) is 2.58. The van der Waals surface area contributed by atoms with E-state index in [2.05, 4.69) is 17.0 Å². The topological polar surface area (TPSA) is 47.8 Å². The number of hydrogen-bond acceptors (Lipinski definition) is 4. The molecule has 0 aromatic carbocycles. The van der Waals surface area contributed by atoms with Crippen molar-refractivity contribution in [1.82, 2.24) is 14.8 Å². The molecule has 0 N–H and O–H groups in total. The lowest BCUT2D eigenvalue weighted by atomic mass is 10.1. The molecule has 0 aliphatic rings. The third-order valence-electron chi connectivity index (χ3n) is 3.00. The summed E-state index contributed by atoms with van der Waals surface area (Å²) in [5.74, 6) is 0.197. The lowest BCUT2D eigenvalue weighted by molar-refractivity contribution is -0.117. The summed E-state index contributed by atoms with van der Waals surface area (Å²) in [6.07, 6.45) is 1.76. The molecule has 0 saturated heterocycles. The molecule has 0 aliphatic carbocycles. The molecule has 0 spiro atoms. The summed E-state index contributed by atoms with van der Waals surface area (Å²) in [7, 11) is 0. The highest BCUT2D eigenvalue weighted by molar-refractivity contribution is 7.09. The van der Waals surface area contributed by atoms with E-state index in [1.807, 2.05) is 30.0 Å². The highest BCUT2D eigenvalue weighted by atomic mass is 32.1. The number of hydrogen-bond donors (Lipinski definition) is 0. The van der Waals surface area contributed by atoms with Crippen LogP contribution < -0.4 is 0 Å². The Morgan fingerprint density at radius 2 is 2.11 bits per heavy atom. The van der Waals surface area contributed by atoms with Crippen LogP contribution >= 0.6 is 11.3 Å². The Hall–Kier alpha value is -1.49. The lowest BCUT2D eigenvalue weighted by Gasteiger charge is -2.03. The van der Waals surface area contributed by atoms with Crippen LogP contribution in [0.4, 0.5) is 0 Å². The van der Waals surface area contributed by atoms with Crippen molar-refractivity contribution in [2.75, 3.05) is 0 Å². The van der Waals surface area contributed by atoms with E-state index in [0.717, 1.165) is 35.1 Å². The van der Waals surface area contributed by atoms with Crippen LogP contribution in [0.15, 0.2) is 11.4 Å². The SMILES string of the molecule is CCc1cc(CC(=O)Cc2csc(C)n2)n(CC)n1. The van der Waals surface area contributed by atoms with Gasteiger partial charge in [0, 0.05) is 30.5 Å². The van der Waals surface area contributed by atoms with Crippen molar-refractivity contribution in [2.45, 2.75) is 46.6 Å². The molecule has 0 fully saturated rings. The Morgan fingerprint density at radius 1 is 1.32 bits per heavy atom. The lowest BCUT2D eigenvalue weighted by Crippen LogP contribution is -2.11. The average molecular weight is 277 g/mol. The zero-order chi connectivity index (χ0) is 13.8. The van der Waals surface area contributed by atoms with Crippen molar-refractivity contribution in [1.29, 1.82) is 0 Å². The molecule has 2 rings (SSSR count). The Kier molecular flexibility index (Phi) is 4.47. The van der Waals surface area contributed by atoms with Gasteiger partial charge in [-0.2, -0.15) is 5.10 Å². The smallest absolute Gasteiger partial charge is 0.144 e. The maximum atomic E-state index is 12.1. The summed E-state index contributed by atoms with van der Waals surface area (Å²) in [4.78, 5) is 16.4. The fraction of sp³-hybridized carbons (Fsp3) is 0.500. The average Bonchev–Trinajstić information content (AvgIpc) is 2.95. The second-order valence-electron chi connectivity index (χ2n) is 4.55. The van der Waals surface area contributed by atoms with Gasteiger partial charge in [-0.1, -0.05) is 6.92 Å². The van der Waals surface area contributed by atoms with Crippen LogP contribution in [0.3, 0.4) is 0 Å². The molecule has 19 heavy (non-hydrogen) atoms. The first kappa shape index (κ1) is 13.9. The summed E-state index contributed by atoms with van der Waals surface area (Å²) < 4.78 is 1.92. The highest BCUT2D eigenvalue weighted by Gasteiger charge is 2.12. The maximum absolute atomic E-state index is 12.1. The molecular formula is C14H19N3OS. The number of aryl methyl sites for hydroxylation is 3. The van der Waals surface area contributed by atoms with Gasteiger partial charge < -0.3 is 0 Å². The number of carbonyl (C=O) groups excluding carboxylic acids is 1. The number of rotatable bonds is 6. The number of Topliss-reactive ketones (excluding diaryl/α,β-unsaturated/α-hetero) is 1. The summed E-state index contributed by atoms with van der Waals surface area (Å²) in [5, 5.41) is 7.43. The second kappa shape index (κ2) is 6.10. The zero-order valence-corrected chi connectivity index (χ0v) is 12.5. The van der Waals surface area contributed by atoms with Crippen molar-refractivity contribution < 1.29 is 4.79 Å². The largest absolute Gasteiger partial charge is 0.299 e. The van der Waals surface area contributed by atoms with E-state index in [9.17, 15) is 4.79 Å². The number of carbonyl (C=O) groups is 1. The summed E-state index contributed by atoms with van der Waals surface area (Å²) in [5.41, 5.74) is 2.94. The van der Waals surface area contributed by atoms with Gasteiger partial charge in [0.1, 0.15) is 5.78 Å². The minimum atomic E-state index is 0.197. The van der Waals surface area contributed by atoms with E-state index in [1.54, 1.807) is 11.3 Å². The molecule has 0 unspecified atom stereocenters.